The van der Waals surface area contributed by atoms with Crippen molar-refractivity contribution in [3.63, 3.8) is 0 Å². The number of rotatable bonds is 8. The van der Waals surface area contributed by atoms with E-state index in [2.05, 4.69) is 20.4 Å². The fourth-order valence-electron chi connectivity index (χ4n) is 3.85. The van der Waals surface area contributed by atoms with Crippen molar-refractivity contribution in [1.29, 1.82) is 5.41 Å². The number of aliphatic carboxylic acids is 1. The first kappa shape index (κ1) is 22.8. The lowest BCUT2D eigenvalue weighted by molar-refractivity contribution is -0.136. The summed E-state index contributed by atoms with van der Waals surface area (Å²) in [5.41, 5.74) is 6.02. The van der Waals surface area contributed by atoms with Crippen molar-refractivity contribution in [3.8, 4) is 11.1 Å². The molecule has 3 N–H and O–H groups in total. The van der Waals surface area contributed by atoms with E-state index in [4.69, 9.17) is 15.0 Å². The highest BCUT2D eigenvalue weighted by Crippen LogP contribution is 2.31. The van der Waals surface area contributed by atoms with Crippen LogP contribution in [0, 0.1) is 19.3 Å². The van der Waals surface area contributed by atoms with E-state index in [9.17, 15) is 4.79 Å². The summed E-state index contributed by atoms with van der Waals surface area (Å²) in [5.74, 6) is -0.200. The van der Waals surface area contributed by atoms with Gasteiger partial charge in [0.05, 0.1) is 35.2 Å². The summed E-state index contributed by atoms with van der Waals surface area (Å²) in [5, 5.41) is 25.3. The molecule has 4 aromatic rings. The number of pyridine rings is 2. The molecule has 0 fully saturated rings. The fraction of sp³-hybridized carbons (Fsp3) is 0.192. The minimum Gasteiger partial charge on any atom is -0.481 e. The molecule has 3 aromatic heterocycles. The van der Waals surface area contributed by atoms with E-state index in [-0.39, 0.29) is 18.2 Å². The van der Waals surface area contributed by atoms with Crippen molar-refractivity contribution < 1.29 is 14.4 Å². The van der Waals surface area contributed by atoms with E-state index in [1.807, 2.05) is 45.0 Å². The Morgan fingerprint density at radius 1 is 1.15 bits per heavy atom. The third-order valence-electron chi connectivity index (χ3n) is 5.55. The SMILES string of the molecule is Cc1noc(C)c1-c1cnc(C(=N)c2ccc(CC(=O)O)cc2)c(N[C@@H](C)c2ccccn2)c1. The van der Waals surface area contributed by atoms with E-state index < -0.39 is 5.97 Å². The molecule has 1 aromatic carbocycles. The third-order valence-corrected chi connectivity index (χ3v) is 5.55. The van der Waals surface area contributed by atoms with Gasteiger partial charge in [-0.1, -0.05) is 35.5 Å². The van der Waals surface area contributed by atoms with Gasteiger partial charge in [-0.2, -0.15) is 0 Å². The first-order valence-electron chi connectivity index (χ1n) is 10.8. The van der Waals surface area contributed by atoms with Gasteiger partial charge in [0.1, 0.15) is 11.5 Å². The molecular weight excluding hydrogens is 430 g/mol. The number of anilines is 1. The van der Waals surface area contributed by atoms with Crippen LogP contribution in [0.2, 0.25) is 0 Å². The molecule has 0 amide bonds. The quantitative estimate of drug-likeness (QED) is 0.321. The van der Waals surface area contributed by atoms with Crippen molar-refractivity contribution in [2.75, 3.05) is 5.32 Å². The predicted octanol–water partition coefficient (Wildman–Crippen LogP) is 4.96. The molecule has 4 rings (SSSR count). The lowest BCUT2D eigenvalue weighted by Gasteiger charge is -2.19. The van der Waals surface area contributed by atoms with E-state index in [1.165, 1.54) is 0 Å². The Balaban J connectivity index is 1.73. The molecular formula is C26H25N5O3. The van der Waals surface area contributed by atoms with Crippen molar-refractivity contribution in [2.24, 2.45) is 0 Å². The van der Waals surface area contributed by atoms with E-state index >= 15 is 0 Å². The van der Waals surface area contributed by atoms with Gasteiger partial charge in [0.15, 0.2) is 0 Å². The summed E-state index contributed by atoms with van der Waals surface area (Å²) in [7, 11) is 0. The Bertz CT molecular complexity index is 1310. The van der Waals surface area contributed by atoms with Crippen LogP contribution in [0.25, 0.3) is 11.1 Å². The van der Waals surface area contributed by atoms with Gasteiger partial charge in [0.25, 0.3) is 0 Å². The Labute approximate surface area is 197 Å². The maximum absolute atomic E-state index is 11.0. The molecule has 0 aliphatic rings. The minimum atomic E-state index is -0.894. The van der Waals surface area contributed by atoms with Gasteiger partial charge in [-0.25, -0.2) is 0 Å². The highest BCUT2D eigenvalue weighted by atomic mass is 16.5. The summed E-state index contributed by atoms with van der Waals surface area (Å²) in [6, 6.07) is 14.5. The molecule has 0 saturated heterocycles. The molecule has 0 radical (unpaired) electrons. The fourth-order valence-corrected chi connectivity index (χ4v) is 3.85. The molecule has 34 heavy (non-hydrogen) atoms. The summed E-state index contributed by atoms with van der Waals surface area (Å²) in [6.45, 7) is 5.73. The Morgan fingerprint density at radius 3 is 2.53 bits per heavy atom. The third kappa shape index (κ3) is 4.85. The lowest BCUT2D eigenvalue weighted by Crippen LogP contribution is -2.14. The smallest absolute Gasteiger partial charge is 0.307 e. The number of carbonyl (C=O) groups is 1. The highest BCUT2D eigenvalue weighted by molar-refractivity contribution is 6.13. The monoisotopic (exact) mass is 455 g/mol. The summed E-state index contributed by atoms with van der Waals surface area (Å²) < 4.78 is 5.33. The molecule has 8 heteroatoms. The van der Waals surface area contributed by atoms with Crippen LogP contribution in [0.5, 0.6) is 0 Å². The average Bonchev–Trinajstić information content (AvgIpc) is 3.17. The lowest BCUT2D eigenvalue weighted by atomic mass is 10.00. The number of hydrogen-bond acceptors (Lipinski definition) is 7. The molecule has 0 spiro atoms. The normalized spacial score (nSPS) is 11.7. The molecule has 3 heterocycles. The van der Waals surface area contributed by atoms with Crippen LogP contribution in [0.3, 0.4) is 0 Å². The molecule has 0 bridgehead atoms. The molecule has 172 valence electrons. The summed E-state index contributed by atoms with van der Waals surface area (Å²) >= 11 is 0. The average molecular weight is 456 g/mol. The first-order chi connectivity index (χ1) is 16.3. The minimum absolute atomic E-state index is 0.0631. The Morgan fingerprint density at radius 2 is 1.91 bits per heavy atom. The van der Waals surface area contributed by atoms with Gasteiger partial charge < -0.3 is 14.9 Å². The van der Waals surface area contributed by atoms with E-state index in [1.54, 1.807) is 36.7 Å². The maximum Gasteiger partial charge on any atom is 0.307 e. The maximum atomic E-state index is 11.0. The van der Waals surface area contributed by atoms with Crippen LogP contribution in [-0.4, -0.2) is 31.9 Å². The zero-order valence-corrected chi connectivity index (χ0v) is 19.2. The topological polar surface area (TPSA) is 125 Å². The van der Waals surface area contributed by atoms with Gasteiger partial charge in [-0.05, 0) is 44.5 Å². The molecule has 0 unspecified atom stereocenters. The van der Waals surface area contributed by atoms with Crippen molar-refractivity contribution in [2.45, 2.75) is 33.2 Å². The zero-order valence-electron chi connectivity index (χ0n) is 19.2. The van der Waals surface area contributed by atoms with Gasteiger partial charge in [0.2, 0.25) is 0 Å². The number of nitrogens with one attached hydrogen (secondary N) is 2. The van der Waals surface area contributed by atoms with Crippen LogP contribution in [0.15, 0.2) is 65.4 Å². The number of aryl methyl sites for hydroxylation is 2. The van der Waals surface area contributed by atoms with Gasteiger partial charge in [0, 0.05) is 29.1 Å². The highest BCUT2D eigenvalue weighted by Gasteiger charge is 2.19. The van der Waals surface area contributed by atoms with Gasteiger partial charge >= 0.3 is 5.97 Å². The molecule has 0 aliphatic carbocycles. The molecule has 0 saturated carbocycles. The molecule has 0 aliphatic heterocycles. The Hall–Kier alpha value is -4.33. The predicted molar refractivity (Wildman–Crippen MR) is 129 cm³/mol. The standard InChI is InChI=1S/C26H25N5O3/c1-15(21-6-4-5-11-28-21)30-22-13-20(24-16(2)31-34-17(24)3)14-29-26(22)25(27)19-9-7-18(8-10-19)12-23(32)33/h4-11,13-15,27,30H,12H2,1-3H3,(H,32,33)/t15-/m0/s1. The van der Waals surface area contributed by atoms with Crippen LogP contribution >= 0.6 is 0 Å². The molecule has 8 nitrogen and oxygen atoms in total. The van der Waals surface area contributed by atoms with Crippen molar-refractivity contribution >= 4 is 17.4 Å². The number of carboxylic acids is 1. The number of aromatic nitrogens is 3. The number of benzene rings is 1. The number of carboxylic acid groups (broad SMARTS) is 1. The summed E-state index contributed by atoms with van der Waals surface area (Å²) in [6.07, 6.45) is 3.39. The Kier molecular flexibility index (Phi) is 6.49. The number of hydrogen-bond donors (Lipinski definition) is 3. The second-order valence-electron chi connectivity index (χ2n) is 8.08. The van der Waals surface area contributed by atoms with Gasteiger partial charge in [-0.15, -0.1) is 0 Å². The second-order valence-corrected chi connectivity index (χ2v) is 8.08. The van der Waals surface area contributed by atoms with Crippen LogP contribution in [0.4, 0.5) is 5.69 Å². The second kappa shape index (κ2) is 9.66. The first-order valence-corrected chi connectivity index (χ1v) is 10.8. The van der Waals surface area contributed by atoms with Crippen molar-refractivity contribution in [3.05, 3.63) is 94.9 Å². The zero-order chi connectivity index (χ0) is 24.2. The van der Waals surface area contributed by atoms with E-state index in [0.717, 1.165) is 22.5 Å². The van der Waals surface area contributed by atoms with E-state index in [0.29, 0.717) is 28.3 Å². The molecule has 1 atom stereocenters. The largest absolute Gasteiger partial charge is 0.481 e. The summed E-state index contributed by atoms with van der Waals surface area (Å²) in [4.78, 5) is 20.0. The van der Waals surface area contributed by atoms with Gasteiger partial charge in [-0.3, -0.25) is 20.2 Å². The number of nitrogens with zero attached hydrogens (tertiary/aromatic N) is 3. The van der Waals surface area contributed by atoms with Crippen LogP contribution < -0.4 is 5.32 Å². The van der Waals surface area contributed by atoms with Crippen LogP contribution in [-0.2, 0) is 11.2 Å². The van der Waals surface area contributed by atoms with Crippen LogP contribution in [0.1, 0.15) is 46.9 Å². The van der Waals surface area contributed by atoms with Crippen molar-refractivity contribution in [1.82, 2.24) is 15.1 Å².